The molecule has 7 heteroatoms. The summed E-state index contributed by atoms with van der Waals surface area (Å²) in [5.74, 6) is -1.78. The lowest BCUT2D eigenvalue weighted by molar-refractivity contribution is 0.492. The van der Waals surface area contributed by atoms with Crippen LogP contribution < -0.4 is 4.72 Å². The van der Waals surface area contributed by atoms with Gasteiger partial charge >= 0.3 is 0 Å². The van der Waals surface area contributed by atoms with E-state index in [0.717, 1.165) is 12.1 Å². The third-order valence-electron chi connectivity index (χ3n) is 1.93. The SMILES string of the molecule is CC(C)(CBr)NS(=O)(=O)c1cc(F)ccc1F. The van der Waals surface area contributed by atoms with Crippen LogP contribution in [0.2, 0.25) is 0 Å². The number of alkyl halides is 1. The van der Waals surface area contributed by atoms with Crippen LogP contribution in [-0.4, -0.2) is 19.3 Å². The Labute approximate surface area is 107 Å². The minimum absolute atomic E-state index is 0.343. The Balaban J connectivity index is 3.18. The highest BCUT2D eigenvalue weighted by molar-refractivity contribution is 9.09. The molecule has 0 unspecified atom stereocenters. The van der Waals surface area contributed by atoms with E-state index in [9.17, 15) is 17.2 Å². The molecule has 0 saturated carbocycles. The van der Waals surface area contributed by atoms with Crippen LogP contribution in [0.15, 0.2) is 23.1 Å². The Hall–Kier alpha value is -0.530. The third kappa shape index (κ3) is 3.72. The van der Waals surface area contributed by atoms with Crippen molar-refractivity contribution in [3.05, 3.63) is 29.8 Å². The first-order valence-corrected chi connectivity index (χ1v) is 7.33. The molecule has 0 radical (unpaired) electrons. The average molecular weight is 328 g/mol. The van der Waals surface area contributed by atoms with Crippen LogP contribution >= 0.6 is 15.9 Å². The zero-order valence-corrected chi connectivity index (χ0v) is 11.7. The van der Waals surface area contributed by atoms with Gasteiger partial charge in [-0.1, -0.05) is 15.9 Å². The van der Waals surface area contributed by atoms with Gasteiger partial charge in [0, 0.05) is 10.9 Å². The normalized spacial score (nSPS) is 12.8. The molecule has 1 aromatic carbocycles. The number of hydrogen-bond donors (Lipinski definition) is 1. The standard InChI is InChI=1S/C10H12BrF2NO2S/c1-10(2,6-11)14-17(15,16)9-5-7(12)3-4-8(9)13/h3-5,14H,6H2,1-2H3. The van der Waals surface area contributed by atoms with Crippen LogP contribution in [0, 0.1) is 11.6 Å². The van der Waals surface area contributed by atoms with Gasteiger partial charge in [0.1, 0.15) is 16.5 Å². The highest BCUT2D eigenvalue weighted by atomic mass is 79.9. The lowest BCUT2D eigenvalue weighted by atomic mass is 10.1. The number of rotatable bonds is 4. The second-order valence-electron chi connectivity index (χ2n) is 4.20. The van der Waals surface area contributed by atoms with E-state index in [2.05, 4.69) is 20.7 Å². The molecule has 1 N–H and O–H groups in total. The van der Waals surface area contributed by atoms with Crippen LogP contribution in [0.3, 0.4) is 0 Å². The van der Waals surface area contributed by atoms with Gasteiger partial charge in [0.15, 0.2) is 0 Å². The topological polar surface area (TPSA) is 46.2 Å². The van der Waals surface area contributed by atoms with Crippen LogP contribution in [-0.2, 0) is 10.0 Å². The summed E-state index contributed by atoms with van der Waals surface area (Å²) in [5, 5.41) is 0.343. The molecule has 17 heavy (non-hydrogen) atoms. The second kappa shape index (κ2) is 4.99. The number of nitrogens with one attached hydrogen (secondary N) is 1. The van der Waals surface area contributed by atoms with Crippen molar-refractivity contribution in [3.63, 3.8) is 0 Å². The predicted octanol–water partition coefficient (Wildman–Crippen LogP) is 2.42. The molecule has 0 aliphatic heterocycles. The minimum Gasteiger partial charge on any atom is -0.207 e. The molecule has 1 aromatic rings. The van der Waals surface area contributed by atoms with Gasteiger partial charge in [-0.25, -0.2) is 21.9 Å². The number of halogens is 3. The molecule has 3 nitrogen and oxygen atoms in total. The van der Waals surface area contributed by atoms with Gasteiger partial charge in [-0.3, -0.25) is 0 Å². The van der Waals surface area contributed by atoms with Crippen molar-refractivity contribution in [1.29, 1.82) is 0 Å². The smallest absolute Gasteiger partial charge is 0.207 e. The monoisotopic (exact) mass is 327 g/mol. The maximum absolute atomic E-state index is 13.3. The first-order valence-electron chi connectivity index (χ1n) is 4.73. The van der Waals surface area contributed by atoms with Crippen LogP contribution in [0.4, 0.5) is 8.78 Å². The number of benzene rings is 1. The molecule has 96 valence electrons. The Morgan fingerprint density at radius 1 is 1.35 bits per heavy atom. The van der Waals surface area contributed by atoms with E-state index in [0.29, 0.717) is 11.4 Å². The van der Waals surface area contributed by atoms with E-state index in [1.54, 1.807) is 13.8 Å². The van der Waals surface area contributed by atoms with Crippen molar-refractivity contribution in [3.8, 4) is 0 Å². The maximum atomic E-state index is 13.3. The fourth-order valence-corrected chi connectivity index (χ4v) is 2.96. The van der Waals surface area contributed by atoms with E-state index >= 15 is 0 Å². The van der Waals surface area contributed by atoms with Crippen molar-refractivity contribution >= 4 is 26.0 Å². The Bertz CT molecular complexity index is 517. The quantitative estimate of drug-likeness (QED) is 0.863. The van der Waals surface area contributed by atoms with E-state index in [4.69, 9.17) is 0 Å². The van der Waals surface area contributed by atoms with Crippen LogP contribution in [0.25, 0.3) is 0 Å². The summed E-state index contributed by atoms with van der Waals surface area (Å²) in [5.41, 5.74) is -0.794. The molecular weight excluding hydrogens is 316 g/mol. The Morgan fingerprint density at radius 2 is 1.94 bits per heavy atom. The molecule has 0 bridgehead atoms. The van der Waals surface area contributed by atoms with Gasteiger partial charge in [-0.2, -0.15) is 0 Å². The third-order valence-corrected chi connectivity index (χ3v) is 5.04. The summed E-state index contributed by atoms with van der Waals surface area (Å²) in [6, 6.07) is 2.30. The molecule has 0 aliphatic carbocycles. The van der Waals surface area contributed by atoms with Gasteiger partial charge in [0.25, 0.3) is 0 Å². The first kappa shape index (κ1) is 14.5. The van der Waals surface area contributed by atoms with Crippen molar-refractivity contribution in [2.75, 3.05) is 5.33 Å². The van der Waals surface area contributed by atoms with E-state index in [1.807, 2.05) is 0 Å². The van der Waals surface area contributed by atoms with E-state index in [-0.39, 0.29) is 0 Å². The summed E-state index contributed by atoms with van der Waals surface area (Å²) in [6.45, 7) is 3.24. The molecule has 0 fully saturated rings. The number of sulfonamides is 1. The molecule has 1 rings (SSSR count). The molecule has 0 spiro atoms. The first-order chi connectivity index (χ1) is 7.68. The lowest BCUT2D eigenvalue weighted by Crippen LogP contribution is -2.44. The second-order valence-corrected chi connectivity index (χ2v) is 6.41. The summed E-state index contributed by atoms with van der Waals surface area (Å²) >= 11 is 3.13. The van der Waals surface area contributed by atoms with Crippen molar-refractivity contribution < 1.29 is 17.2 Å². The van der Waals surface area contributed by atoms with Gasteiger partial charge in [0.2, 0.25) is 10.0 Å². The number of hydrogen-bond acceptors (Lipinski definition) is 2. The zero-order chi connectivity index (χ0) is 13.3. The fourth-order valence-electron chi connectivity index (χ4n) is 1.13. The van der Waals surface area contributed by atoms with Gasteiger partial charge in [-0.05, 0) is 32.0 Å². The van der Waals surface area contributed by atoms with Gasteiger partial charge < -0.3 is 0 Å². The van der Waals surface area contributed by atoms with Gasteiger partial charge in [-0.15, -0.1) is 0 Å². The van der Waals surface area contributed by atoms with E-state index in [1.165, 1.54) is 0 Å². The largest absolute Gasteiger partial charge is 0.244 e. The molecule has 0 atom stereocenters. The van der Waals surface area contributed by atoms with Crippen LogP contribution in [0.5, 0.6) is 0 Å². The van der Waals surface area contributed by atoms with Crippen LogP contribution in [0.1, 0.15) is 13.8 Å². The predicted molar refractivity (Wildman–Crippen MR) is 64.6 cm³/mol. The average Bonchev–Trinajstić information content (AvgIpc) is 2.20. The van der Waals surface area contributed by atoms with Crippen molar-refractivity contribution in [2.24, 2.45) is 0 Å². The molecule has 0 aliphatic rings. The molecule has 0 heterocycles. The Kier molecular flexibility index (Phi) is 4.27. The molecular formula is C10H12BrF2NO2S. The van der Waals surface area contributed by atoms with Gasteiger partial charge in [0.05, 0.1) is 0 Å². The summed E-state index contributed by atoms with van der Waals surface area (Å²) in [6.07, 6.45) is 0. The summed E-state index contributed by atoms with van der Waals surface area (Å²) < 4.78 is 52.2. The molecule has 0 saturated heterocycles. The van der Waals surface area contributed by atoms with Crippen molar-refractivity contribution in [1.82, 2.24) is 4.72 Å². The lowest BCUT2D eigenvalue weighted by Gasteiger charge is -2.23. The molecule has 0 amide bonds. The van der Waals surface area contributed by atoms with Crippen molar-refractivity contribution in [2.45, 2.75) is 24.3 Å². The fraction of sp³-hybridized carbons (Fsp3) is 0.400. The summed E-state index contributed by atoms with van der Waals surface area (Å²) in [7, 11) is -4.08. The maximum Gasteiger partial charge on any atom is 0.244 e. The molecule has 0 aromatic heterocycles. The van der Waals surface area contributed by atoms with E-state index < -0.39 is 32.1 Å². The minimum atomic E-state index is -4.08. The zero-order valence-electron chi connectivity index (χ0n) is 9.30. The highest BCUT2D eigenvalue weighted by Gasteiger charge is 2.27. The highest BCUT2D eigenvalue weighted by Crippen LogP contribution is 2.18. The summed E-state index contributed by atoms with van der Waals surface area (Å²) in [4.78, 5) is -0.688. The Morgan fingerprint density at radius 3 is 2.47 bits per heavy atom.